The summed E-state index contributed by atoms with van der Waals surface area (Å²) in [4.78, 5) is 24.3. The highest BCUT2D eigenvalue weighted by molar-refractivity contribution is 5.90. The molecule has 2 rings (SSSR count). The lowest BCUT2D eigenvalue weighted by molar-refractivity contribution is 0.0367. The standard InChI is InChI=1S/C22H26O4/c1-14(2)25-21(23)19-10-6-8-17(12-19)16(5)18-9-7-11-20(13-18)22(24)26-15(3)4/h6-16H,1-5H3. The van der Waals surface area contributed by atoms with Crippen molar-refractivity contribution in [3.8, 4) is 0 Å². The van der Waals surface area contributed by atoms with Crippen LogP contribution in [0.5, 0.6) is 0 Å². The van der Waals surface area contributed by atoms with Crippen LogP contribution in [0.4, 0.5) is 0 Å². The molecule has 0 spiro atoms. The van der Waals surface area contributed by atoms with Crippen molar-refractivity contribution in [2.45, 2.75) is 52.7 Å². The number of carbonyl (C=O) groups is 2. The number of carbonyl (C=O) groups excluding carboxylic acids is 2. The molecular formula is C22H26O4. The number of rotatable bonds is 6. The fraction of sp³-hybridized carbons (Fsp3) is 0.364. The zero-order chi connectivity index (χ0) is 19.3. The topological polar surface area (TPSA) is 52.6 Å². The Morgan fingerprint density at radius 2 is 1.08 bits per heavy atom. The minimum absolute atomic E-state index is 0.0219. The van der Waals surface area contributed by atoms with E-state index in [4.69, 9.17) is 9.47 Å². The van der Waals surface area contributed by atoms with E-state index in [9.17, 15) is 9.59 Å². The van der Waals surface area contributed by atoms with Crippen molar-refractivity contribution >= 4 is 11.9 Å². The van der Waals surface area contributed by atoms with E-state index in [0.29, 0.717) is 11.1 Å². The van der Waals surface area contributed by atoms with Crippen molar-refractivity contribution in [3.05, 3.63) is 70.8 Å². The van der Waals surface area contributed by atoms with E-state index in [1.54, 1.807) is 12.1 Å². The molecule has 0 unspecified atom stereocenters. The van der Waals surface area contributed by atoms with Gasteiger partial charge in [-0.2, -0.15) is 0 Å². The van der Waals surface area contributed by atoms with Crippen molar-refractivity contribution in [3.63, 3.8) is 0 Å². The molecule has 0 aliphatic rings. The lowest BCUT2D eigenvalue weighted by Crippen LogP contribution is -2.12. The average molecular weight is 354 g/mol. The second kappa shape index (κ2) is 8.65. The van der Waals surface area contributed by atoms with Gasteiger partial charge in [-0.15, -0.1) is 0 Å². The quantitative estimate of drug-likeness (QED) is 0.687. The average Bonchev–Trinajstić information content (AvgIpc) is 2.60. The summed E-state index contributed by atoms with van der Waals surface area (Å²) in [6, 6.07) is 14.8. The fourth-order valence-electron chi connectivity index (χ4n) is 2.63. The SMILES string of the molecule is CC(C)OC(=O)c1cccc(C(C)c2cccc(C(=O)OC(C)C)c2)c1. The maximum absolute atomic E-state index is 12.1. The zero-order valence-electron chi connectivity index (χ0n) is 16.0. The highest BCUT2D eigenvalue weighted by Gasteiger charge is 2.16. The number of esters is 2. The molecule has 0 heterocycles. The molecular weight excluding hydrogens is 328 g/mol. The summed E-state index contributed by atoms with van der Waals surface area (Å²) >= 11 is 0. The van der Waals surface area contributed by atoms with E-state index in [-0.39, 0.29) is 30.1 Å². The van der Waals surface area contributed by atoms with Crippen LogP contribution >= 0.6 is 0 Å². The van der Waals surface area contributed by atoms with Gasteiger partial charge in [0.1, 0.15) is 0 Å². The van der Waals surface area contributed by atoms with Crippen LogP contribution in [0.25, 0.3) is 0 Å². The van der Waals surface area contributed by atoms with E-state index in [0.717, 1.165) is 11.1 Å². The molecule has 138 valence electrons. The van der Waals surface area contributed by atoms with Gasteiger partial charge in [-0.05, 0) is 63.1 Å². The molecule has 0 aromatic heterocycles. The van der Waals surface area contributed by atoms with Crippen molar-refractivity contribution in [2.75, 3.05) is 0 Å². The Morgan fingerprint density at radius 3 is 1.42 bits per heavy atom. The molecule has 0 atom stereocenters. The minimum Gasteiger partial charge on any atom is -0.459 e. The molecule has 4 nitrogen and oxygen atoms in total. The summed E-state index contributed by atoms with van der Waals surface area (Å²) < 4.78 is 10.5. The highest BCUT2D eigenvalue weighted by Crippen LogP contribution is 2.26. The van der Waals surface area contributed by atoms with Crippen LogP contribution in [0.1, 0.15) is 72.4 Å². The third-order valence-corrected chi connectivity index (χ3v) is 3.93. The predicted molar refractivity (Wildman–Crippen MR) is 102 cm³/mol. The summed E-state index contributed by atoms with van der Waals surface area (Å²) in [5, 5.41) is 0. The van der Waals surface area contributed by atoms with Gasteiger partial charge in [0.05, 0.1) is 23.3 Å². The van der Waals surface area contributed by atoms with Crippen LogP contribution in [0.15, 0.2) is 48.5 Å². The van der Waals surface area contributed by atoms with Gasteiger partial charge in [-0.25, -0.2) is 9.59 Å². The Bertz CT molecular complexity index is 712. The van der Waals surface area contributed by atoms with Gasteiger partial charge < -0.3 is 9.47 Å². The maximum atomic E-state index is 12.1. The van der Waals surface area contributed by atoms with Gasteiger partial charge >= 0.3 is 11.9 Å². The summed E-state index contributed by atoms with van der Waals surface area (Å²) in [5.74, 6) is -0.639. The molecule has 0 saturated heterocycles. The van der Waals surface area contributed by atoms with E-state index in [2.05, 4.69) is 0 Å². The van der Waals surface area contributed by atoms with E-state index >= 15 is 0 Å². The Kier molecular flexibility index (Phi) is 6.56. The Balaban J connectivity index is 2.25. The molecule has 0 fully saturated rings. The monoisotopic (exact) mass is 354 g/mol. The molecule has 4 heteroatoms. The summed E-state index contributed by atoms with van der Waals surface area (Å²) in [7, 11) is 0. The normalized spacial score (nSPS) is 11.1. The molecule has 0 bridgehead atoms. The zero-order valence-corrected chi connectivity index (χ0v) is 16.0. The number of benzene rings is 2. The van der Waals surface area contributed by atoms with Gasteiger partial charge in [-0.1, -0.05) is 31.2 Å². The van der Waals surface area contributed by atoms with Crippen LogP contribution in [-0.2, 0) is 9.47 Å². The van der Waals surface area contributed by atoms with Crippen LogP contribution in [0.3, 0.4) is 0 Å². The van der Waals surface area contributed by atoms with E-state index in [1.807, 2.05) is 71.0 Å². The first-order valence-electron chi connectivity index (χ1n) is 8.89. The van der Waals surface area contributed by atoms with E-state index in [1.165, 1.54) is 0 Å². The molecule has 0 radical (unpaired) electrons. The Morgan fingerprint density at radius 1 is 0.692 bits per heavy atom. The largest absolute Gasteiger partial charge is 0.459 e. The summed E-state index contributed by atoms with van der Waals surface area (Å²) in [6.07, 6.45) is -0.320. The van der Waals surface area contributed by atoms with Crippen molar-refractivity contribution < 1.29 is 19.1 Å². The Hall–Kier alpha value is -2.62. The van der Waals surface area contributed by atoms with Gasteiger partial charge in [0.2, 0.25) is 0 Å². The molecule has 2 aromatic carbocycles. The molecule has 2 aromatic rings. The second-order valence-electron chi connectivity index (χ2n) is 6.88. The van der Waals surface area contributed by atoms with Crippen molar-refractivity contribution in [1.29, 1.82) is 0 Å². The molecule has 0 aliphatic carbocycles. The molecule has 0 aliphatic heterocycles. The van der Waals surface area contributed by atoms with Crippen molar-refractivity contribution in [2.24, 2.45) is 0 Å². The van der Waals surface area contributed by atoms with Crippen LogP contribution in [0.2, 0.25) is 0 Å². The highest BCUT2D eigenvalue weighted by atomic mass is 16.5. The molecule has 26 heavy (non-hydrogen) atoms. The van der Waals surface area contributed by atoms with Crippen molar-refractivity contribution in [1.82, 2.24) is 0 Å². The first-order valence-corrected chi connectivity index (χ1v) is 8.89. The summed E-state index contributed by atoms with van der Waals surface area (Å²) in [5.41, 5.74) is 3.02. The molecule has 0 amide bonds. The van der Waals surface area contributed by atoms with Gasteiger partial charge in [-0.3, -0.25) is 0 Å². The summed E-state index contributed by atoms with van der Waals surface area (Å²) in [6.45, 7) is 9.34. The fourth-order valence-corrected chi connectivity index (χ4v) is 2.63. The number of hydrogen-bond acceptors (Lipinski definition) is 4. The predicted octanol–water partition coefficient (Wildman–Crippen LogP) is 4.97. The first-order chi connectivity index (χ1) is 12.3. The molecule has 0 saturated carbocycles. The number of hydrogen-bond donors (Lipinski definition) is 0. The maximum Gasteiger partial charge on any atom is 0.338 e. The van der Waals surface area contributed by atoms with Gasteiger partial charge in [0.15, 0.2) is 0 Å². The number of ether oxygens (including phenoxy) is 2. The second-order valence-corrected chi connectivity index (χ2v) is 6.88. The molecule has 0 N–H and O–H groups in total. The lowest BCUT2D eigenvalue weighted by Gasteiger charge is -2.15. The third kappa shape index (κ3) is 5.19. The van der Waals surface area contributed by atoms with Crippen LogP contribution < -0.4 is 0 Å². The van der Waals surface area contributed by atoms with Crippen LogP contribution in [-0.4, -0.2) is 24.1 Å². The Labute approximate surface area is 155 Å². The third-order valence-electron chi connectivity index (χ3n) is 3.93. The smallest absolute Gasteiger partial charge is 0.338 e. The van der Waals surface area contributed by atoms with E-state index < -0.39 is 0 Å². The van der Waals surface area contributed by atoms with Crippen LogP contribution in [0, 0.1) is 0 Å². The minimum atomic E-state index is -0.330. The van der Waals surface area contributed by atoms with Gasteiger partial charge in [0.25, 0.3) is 0 Å². The van der Waals surface area contributed by atoms with Gasteiger partial charge in [0, 0.05) is 5.92 Å². The first kappa shape index (κ1) is 19.7. The lowest BCUT2D eigenvalue weighted by atomic mass is 9.91.